The third-order valence-corrected chi connectivity index (χ3v) is 6.93. The van der Waals surface area contributed by atoms with E-state index in [-0.39, 0.29) is 5.91 Å². The molecule has 1 aliphatic carbocycles. The van der Waals surface area contributed by atoms with Crippen molar-refractivity contribution in [3.63, 3.8) is 0 Å². The lowest BCUT2D eigenvalue weighted by Gasteiger charge is -2.37. The van der Waals surface area contributed by atoms with Crippen LogP contribution in [0, 0.1) is 17.2 Å². The molecule has 0 radical (unpaired) electrons. The van der Waals surface area contributed by atoms with Crippen LogP contribution in [0.3, 0.4) is 0 Å². The van der Waals surface area contributed by atoms with Crippen LogP contribution in [0.25, 0.3) is 0 Å². The lowest BCUT2D eigenvalue weighted by molar-refractivity contribution is -0.122. The first kappa shape index (κ1) is 23.2. The topological polar surface area (TPSA) is 59.4 Å². The fraction of sp³-hybridized carbons (Fsp3) is 0.652. The molecule has 1 aromatic rings. The summed E-state index contributed by atoms with van der Waals surface area (Å²) in [7, 11) is 0. The molecule has 0 spiro atoms. The van der Waals surface area contributed by atoms with E-state index in [1.807, 2.05) is 18.2 Å². The van der Waals surface area contributed by atoms with Gasteiger partial charge in [0.15, 0.2) is 0 Å². The molecule has 7 heteroatoms. The number of unbranched alkanes of at least 4 members (excludes halogenated alkanes) is 1. The quantitative estimate of drug-likeness (QED) is 0.573. The van der Waals surface area contributed by atoms with E-state index in [4.69, 9.17) is 28.5 Å². The summed E-state index contributed by atoms with van der Waals surface area (Å²) in [5.74, 6) is 0.864. The van der Waals surface area contributed by atoms with Crippen molar-refractivity contribution in [1.29, 1.82) is 5.26 Å². The monoisotopic (exact) mass is 450 g/mol. The summed E-state index contributed by atoms with van der Waals surface area (Å²) < 4.78 is 0. The van der Waals surface area contributed by atoms with E-state index in [9.17, 15) is 4.79 Å². The van der Waals surface area contributed by atoms with E-state index in [2.05, 4.69) is 21.2 Å². The number of benzene rings is 1. The zero-order valence-electron chi connectivity index (χ0n) is 17.6. The molecule has 3 rings (SSSR count). The zero-order valence-corrected chi connectivity index (χ0v) is 19.1. The van der Waals surface area contributed by atoms with Gasteiger partial charge in [0, 0.05) is 50.1 Å². The number of nitrogens with one attached hydrogen (secondary N) is 1. The molecule has 164 valence electrons. The Balaban J connectivity index is 1.32. The number of hydrogen-bond acceptors (Lipinski definition) is 4. The van der Waals surface area contributed by atoms with Gasteiger partial charge in [0.2, 0.25) is 5.91 Å². The molecule has 2 fully saturated rings. The van der Waals surface area contributed by atoms with Gasteiger partial charge in [0.25, 0.3) is 0 Å². The molecule has 5 nitrogen and oxygen atoms in total. The first-order valence-electron chi connectivity index (χ1n) is 11.1. The van der Waals surface area contributed by atoms with Crippen molar-refractivity contribution < 1.29 is 4.79 Å². The summed E-state index contributed by atoms with van der Waals surface area (Å²) in [5.41, 5.74) is 1.04. The molecule has 0 unspecified atom stereocenters. The minimum atomic E-state index is 0.103. The predicted octanol–water partition coefficient (Wildman–Crippen LogP) is 4.87. The van der Waals surface area contributed by atoms with Crippen molar-refractivity contribution in [2.24, 2.45) is 5.92 Å². The van der Waals surface area contributed by atoms with Crippen molar-refractivity contribution in [1.82, 2.24) is 10.2 Å². The van der Waals surface area contributed by atoms with Gasteiger partial charge < -0.3 is 10.2 Å². The number of carbonyl (C=O) groups excluding carboxylic acids is 1. The molecule has 1 aliphatic heterocycles. The Morgan fingerprint density at radius 1 is 1.13 bits per heavy atom. The molecule has 2 aliphatic rings. The minimum absolute atomic E-state index is 0.103. The molecule has 0 bridgehead atoms. The Labute approximate surface area is 190 Å². The minimum Gasteiger partial charge on any atom is -0.368 e. The Morgan fingerprint density at radius 3 is 2.57 bits per heavy atom. The number of nitriles is 1. The van der Waals surface area contributed by atoms with Gasteiger partial charge in [-0.05, 0) is 69.2 Å². The van der Waals surface area contributed by atoms with E-state index >= 15 is 0 Å². The normalized spacial score (nSPS) is 22.5. The predicted molar refractivity (Wildman–Crippen MR) is 123 cm³/mol. The highest BCUT2D eigenvalue weighted by atomic mass is 35.5. The molecule has 0 aromatic heterocycles. The zero-order chi connectivity index (χ0) is 21.3. The summed E-state index contributed by atoms with van der Waals surface area (Å²) in [6.07, 6.45) is 7.38. The number of amides is 1. The SMILES string of the molecule is N#CCCCC(=O)N[C@H]1CC[C@H](CCN2CCN(c3cc(Cl)ccc3Cl)CC2)CC1. The second-order valence-corrected chi connectivity index (χ2v) is 9.35. The van der Waals surface area contributed by atoms with Crippen LogP contribution in [0.4, 0.5) is 5.69 Å². The highest BCUT2D eigenvalue weighted by Crippen LogP contribution is 2.30. The van der Waals surface area contributed by atoms with E-state index in [1.54, 1.807) is 0 Å². The van der Waals surface area contributed by atoms with E-state index in [0.717, 1.165) is 67.2 Å². The van der Waals surface area contributed by atoms with Crippen LogP contribution in [0.15, 0.2) is 18.2 Å². The summed E-state index contributed by atoms with van der Waals surface area (Å²) in [6.45, 7) is 5.20. The van der Waals surface area contributed by atoms with Crippen LogP contribution < -0.4 is 10.2 Å². The molecule has 1 amide bonds. The molecule has 1 N–H and O–H groups in total. The van der Waals surface area contributed by atoms with E-state index in [0.29, 0.717) is 25.3 Å². The van der Waals surface area contributed by atoms with Crippen molar-refractivity contribution in [2.45, 2.75) is 57.4 Å². The lowest BCUT2D eigenvalue weighted by Crippen LogP contribution is -2.47. The second kappa shape index (κ2) is 11.8. The maximum Gasteiger partial charge on any atom is 0.220 e. The molecule has 1 aromatic carbocycles. The third-order valence-electron chi connectivity index (χ3n) is 6.38. The maximum absolute atomic E-state index is 11.9. The average molecular weight is 451 g/mol. The van der Waals surface area contributed by atoms with Crippen LogP contribution in [0.2, 0.25) is 10.0 Å². The Kier molecular flexibility index (Phi) is 9.11. The number of halogens is 2. The number of hydrogen-bond donors (Lipinski definition) is 1. The Bertz CT molecular complexity index is 735. The number of anilines is 1. The third kappa shape index (κ3) is 7.04. The lowest BCUT2D eigenvalue weighted by atomic mass is 9.84. The summed E-state index contributed by atoms with van der Waals surface area (Å²) >= 11 is 12.5. The Hall–Kier alpha value is -1.48. The Morgan fingerprint density at radius 2 is 1.87 bits per heavy atom. The fourth-order valence-electron chi connectivity index (χ4n) is 4.53. The van der Waals surface area contributed by atoms with Crippen LogP contribution in [-0.4, -0.2) is 49.6 Å². The average Bonchev–Trinajstić information content (AvgIpc) is 2.75. The van der Waals surface area contributed by atoms with Gasteiger partial charge in [-0.1, -0.05) is 23.2 Å². The summed E-state index contributed by atoms with van der Waals surface area (Å²) in [5, 5.41) is 13.2. The largest absolute Gasteiger partial charge is 0.368 e. The number of piperazine rings is 1. The van der Waals surface area contributed by atoms with Gasteiger partial charge in [0.1, 0.15) is 0 Å². The van der Waals surface area contributed by atoms with Gasteiger partial charge in [-0.25, -0.2) is 0 Å². The second-order valence-electron chi connectivity index (χ2n) is 8.51. The van der Waals surface area contributed by atoms with E-state index < -0.39 is 0 Å². The van der Waals surface area contributed by atoms with Gasteiger partial charge in [-0.2, -0.15) is 5.26 Å². The first-order valence-corrected chi connectivity index (χ1v) is 11.9. The smallest absolute Gasteiger partial charge is 0.220 e. The number of nitrogens with zero attached hydrogens (tertiary/aromatic N) is 3. The highest BCUT2D eigenvalue weighted by Gasteiger charge is 2.24. The highest BCUT2D eigenvalue weighted by molar-refractivity contribution is 6.35. The van der Waals surface area contributed by atoms with Crippen molar-refractivity contribution in [3.05, 3.63) is 28.2 Å². The standard InChI is InChI=1S/C23H32Cl2N4O/c24-19-6-9-21(25)22(17-19)29-15-13-28(14-16-29)12-10-18-4-7-20(8-5-18)27-23(30)3-1-2-11-26/h6,9,17-18,20H,1-5,7-8,10,12-16H2,(H,27,30)/t18-,20-. The van der Waals surface area contributed by atoms with Crippen molar-refractivity contribution in [3.8, 4) is 6.07 Å². The molecule has 30 heavy (non-hydrogen) atoms. The van der Waals surface area contributed by atoms with Gasteiger partial charge >= 0.3 is 0 Å². The van der Waals surface area contributed by atoms with Crippen LogP contribution in [-0.2, 0) is 4.79 Å². The molecule has 0 atom stereocenters. The maximum atomic E-state index is 11.9. The van der Waals surface area contributed by atoms with Gasteiger partial charge in [-0.3, -0.25) is 9.69 Å². The van der Waals surface area contributed by atoms with Gasteiger partial charge in [-0.15, -0.1) is 0 Å². The van der Waals surface area contributed by atoms with Crippen LogP contribution >= 0.6 is 23.2 Å². The molecule has 1 heterocycles. The van der Waals surface area contributed by atoms with E-state index in [1.165, 1.54) is 19.3 Å². The summed E-state index contributed by atoms with van der Waals surface area (Å²) in [6, 6.07) is 8.07. The molecule has 1 saturated heterocycles. The van der Waals surface area contributed by atoms with Crippen molar-refractivity contribution in [2.75, 3.05) is 37.6 Å². The molecule has 1 saturated carbocycles. The number of carbonyl (C=O) groups is 1. The molecular formula is C23H32Cl2N4O. The molecular weight excluding hydrogens is 419 g/mol. The fourth-order valence-corrected chi connectivity index (χ4v) is 4.93. The summed E-state index contributed by atoms with van der Waals surface area (Å²) in [4.78, 5) is 16.8. The van der Waals surface area contributed by atoms with Crippen LogP contribution in [0.5, 0.6) is 0 Å². The van der Waals surface area contributed by atoms with Crippen molar-refractivity contribution >= 4 is 34.8 Å². The number of rotatable bonds is 8. The van der Waals surface area contributed by atoms with Crippen LogP contribution in [0.1, 0.15) is 51.4 Å². The van der Waals surface area contributed by atoms with Gasteiger partial charge in [0.05, 0.1) is 16.8 Å². The first-order chi connectivity index (χ1) is 14.5.